The zero-order chi connectivity index (χ0) is 10.0. The Hall–Kier alpha value is -0.880. The second kappa shape index (κ2) is 3.70. The van der Waals surface area contributed by atoms with E-state index in [0.29, 0.717) is 12.5 Å². The average Bonchev–Trinajstić information content (AvgIpc) is 2.52. The third-order valence-electron chi connectivity index (χ3n) is 2.55. The molecule has 1 aliphatic carbocycles. The van der Waals surface area contributed by atoms with Gasteiger partial charge in [0, 0.05) is 6.54 Å². The number of aromatic nitrogens is 2. The summed E-state index contributed by atoms with van der Waals surface area (Å²) in [4.78, 5) is 6.25. The molecule has 0 radical (unpaired) electrons. The van der Waals surface area contributed by atoms with E-state index in [1.807, 2.05) is 0 Å². The Balaban J connectivity index is 1.95. The zero-order valence-corrected chi connectivity index (χ0v) is 8.55. The van der Waals surface area contributed by atoms with E-state index >= 15 is 0 Å². The van der Waals surface area contributed by atoms with Gasteiger partial charge in [0.1, 0.15) is 0 Å². The first kappa shape index (κ1) is 9.67. The Morgan fingerprint density at radius 1 is 1.57 bits per heavy atom. The fourth-order valence-corrected chi connectivity index (χ4v) is 2.41. The Labute approximate surface area is 83.0 Å². The summed E-state index contributed by atoms with van der Waals surface area (Å²) in [6.07, 6.45) is 6.15. The van der Waals surface area contributed by atoms with Gasteiger partial charge in [0.2, 0.25) is 0 Å². The molecule has 1 fully saturated rings. The van der Waals surface area contributed by atoms with Crippen molar-refractivity contribution in [3.05, 3.63) is 12.5 Å². The molecule has 14 heavy (non-hydrogen) atoms. The van der Waals surface area contributed by atoms with Gasteiger partial charge < -0.3 is 4.98 Å². The minimum Gasteiger partial charge on any atom is -0.335 e. The van der Waals surface area contributed by atoms with Crippen molar-refractivity contribution in [1.82, 2.24) is 14.7 Å². The maximum atomic E-state index is 11.6. The van der Waals surface area contributed by atoms with Gasteiger partial charge in [-0.2, -0.15) is 0 Å². The first-order valence-corrected chi connectivity index (χ1v) is 6.15. The van der Waals surface area contributed by atoms with Crippen molar-refractivity contribution in [2.75, 3.05) is 6.54 Å². The van der Waals surface area contributed by atoms with E-state index in [9.17, 15) is 8.42 Å². The molecular formula is C8H13N3O2S. The molecule has 2 N–H and O–H groups in total. The molecule has 1 saturated carbocycles. The number of imidazole rings is 1. The standard InChI is InChI=1S/C8H13N3O2S/c12-14(13,8-5-9-6-10-8)11-4-7-2-1-3-7/h5-7,11H,1-4H2,(H,9,10). The summed E-state index contributed by atoms with van der Waals surface area (Å²) in [5.41, 5.74) is 0. The van der Waals surface area contributed by atoms with E-state index in [0.717, 1.165) is 12.8 Å². The van der Waals surface area contributed by atoms with Gasteiger partial charge in [-0.05, 0) is 18.8 Å². The van der Waals surface area contributed by atoms with Crippen LogP contribution in [-0.4, -0.2) is 24.9 Å². The molecule has 0 bridgehead atoms. The minimum absolute atomic E-state index is 0.136. The van der Waals surface area contributed by atoms with Crippen LogP contribution in [0.4, 0.5) is 0 Å². The number of nitrogens with zero attached hydrogens (tertiary/aromatic N) is 1. The highest BCUT2D eigenvalue weighted by Gasteiger charge is 2.21. The molecule has 0 aromatic carbocycles. The van der Waals surface area contributed by atoms with Crippen LogP contribution in [0.2, 0.25) is 0 Å². The van der Waals surface area contributed by atoms with Crippen molar-refractivity contribution in [3.8, 4) is 0 Å². The van der Waals surface area contributed by atoms with Crippen molar-refractivity contribution < 1.29 is 8.42 Å². The third-order valence-corrected chi connectivity index (χ3v) is 3.90. The van der Waals surface area contributed by atoms with Gasteiger partial charge in [-0.3, -0.25) is 0 Å². The highest BCUT2D eigenvalue weighted by atomic mass is 32.2. The van der Waals surface area contributed by atoms with Crippen molar-refractivity contribution in [2.45, 2.75) is 24.3 Å². The van der Waals surface area contributed by atoms with E-state index in [-0.39, 0.29) is 5.03 Å². The average molecular weight is 215 g/mol. The van der Waals surface area contributed by atoms with Gasteiger partial charge in [-0.15, -0.1) is 0 Å². The molecule has 0 unspecified atom stereocenters. The van der Waals surface area contributed by atoms with Crippen molar-refractivity contribution in [3.63, 3.8) is 0 Å². The topological polar surface area (TPSA) is 74.8 Å². The van der Waals surface area contributed by atoms with E-state index in [4.69, 9.17) is 0 Å². The van der Waals surface area contributed by atoms with Gasteiger partial charge in [0.25, 0.3) is 10.0 Å². The summed E-state index contributed by atoms with van der Waals surface area (Å²) in [6.45, 7) is 0.543. The van der Waals surface area contributed by atoms with Crippen LogP contribution in [0, 0.1) is 5.92 Å². The van der Waals surface area contributed by atoms with Gasteiger partial charge in [0.05, 0.1) is 12.5 Å². The third kappa shape index (κ3) is 1.96. The molecule has 0 spiro atoms. The number of aromatic amines is 1. The minimum atomic E-state index is -3.36. The predicted octanol–water partition coefficient (Wildman–Crippen LogP) is 0.488. The SMILES string of the molecule is O=S(=O)(NCC1CCC1)c1cnc[nH]1. The molecule has 1 aliphatic rings. The number of sulfonamides is 1. The van der Waals surface area contributed by atoms with E-state index < -0.39 is 10.0 Å². The first-order valence-electron chi connectivity index (χ1n) is 4.66. The maximum absolute atomic E-state index is 11.6. The lowest BCUT2D eigenvalue weighted by molar-refractivity contribution is 0.316. The van der Waals surface area contributed by atoms with Gasteiger partial charge in [-0.25, -0.2) is 18.1 Å². The zero-order valence-electron chi connectivity index (χ0n) is 7.73. The van der Waals surface area contributed by atoms with Crippen LogP contribution in [0.1, 0.15) is 19.3 Å². The number of H-pyrrole nitrogens is 1. The largest absolute Gasteiger partial charge is 0.335 e. The van der Waals surface area contributed by atoms with Crippen molar-refractivity contribution in [1.29, 1.82) is 0 Å². The Kier molecular flexibility index (Phi) is 2.56. The van der Waals surface area contributed by atoms with E-state index in [1.165, 1.54) is 18.9 Å². The number of hydrogen-bond acceptors (Lipinski definition) is 3. The van der Waals surface area contributed by atoms with Crippen LogP contribution in [-0.2, 0) is 10.0 Å². The summed E-state index contributed by atoms with van der Waals surface area (Å²) >= 11 is 0. The second-order valence-electron chi connectivity index (χ2n) is 3.56. The Bertz CT molecular complexity index is 381. The molecular weight excluding hydrogens is 202 g/mol. The van der Waals surface area contributed by atoms with Crippen LogP contribution in [0.15, 0.2) is 17.6 Å². The molecule has 1 aromatic rings. The van der Waals surface area contributed by atoms with Crippen LogP contribution in [0.3, 0.4) is 0 Å². The van der Waals surface area contributed by atoms with Gasteiger partial charge in [0.15, 0.2) is 5.03 Å². The molecule has 1 aromatic heterocycles. The van der Waals surface area contributed by atoms with Crippen LogP contribution < -0.4 is 4.72 Å². The number of hydrogen-bond donors (Lipinski definition) is 2. The summed E-state index contributed by atoms with van der Waals surface area (Å²) in [5.74, 6) is 0.521. The molecule has 0 atom stereocenters. The normalized spacial score (nSPS) is 18.0. The smallest absolute Gasteiger partial charge is 0.257 e. The number of rotatable bonds is 4. The first-order chi connectivity index (χ1) is 6.68. The molecule has 0 amide bonds. The molecule has 6 heteroatoms. The van der Waals surface area contributed by atoms with E-state index in [1.54, 1.807) is 0 Å². The van der Waals surface area contributed by atoms with E-state index in [2.05, 4.69) is 14.7 Å². The quantitative estimate of drug-likeness (QED) is 0.767. The monoisotopic (exact) mass is 215 g/mol. The molecule has 0 aliphatic heterocycles. The van der Waals surface area contributed by atoms with Crippen LogP contribution in [0.5, 0.6) is 0 Å². The van der Waals surface area contributed by atoms with Crippen LogP contribution in [0.25, 0.3) is 0 Å². The molecule has 0 saturated heterocycles. The van der Waals surface area contributed by atoms with Crippen LogP contribution >= 0.6 is 0 Å². The lowest BCUT2D eigenvalue weighted by Gasteiger charge is -2.24. The molecule has 5 nitrogen and oxygen atoms in total. The predicted molar refractivity (Wildman–Crippen MR) is 51.1 cm³/mol. The lowest BCUT2D eigenvalue weighted by Crippen LogP contribution is -2.32. The summed E-state index contributed by atoms with van der Waals surface area (Å²) in [5, 5.41) is 0.136. The van der Waals surface area contributed by atoms with Crippen molar-refractivity contribution >= 4 is 10.0 Å². The summed E-state index contributed by atoms with van der Waals surface area (Å²) in [6, 6.07) is 0. The summed E-state index contributed by atoms with van der Waals surface area (Å²) in [7, 11) is -3.36. The maximum Gasteiger partial charge on any atom is 0.257 e. The fraction of sp³-hybridized carbons (Fsp3) is 0.625. The highest BCUT2D eigenvalue weighted by Crippen LogP contribution is 2.25. The molecule has 78 valence electrons. The highest BCUT2D eigenvalue weighted by molar-refractivity contribution is 7.89. The lowest BCUT2D eigenvalue weighted by atomic mass is 9.86. The Morgan fingerprint density at radius 3 is 2.86 bits per heavy atom. The fourth-order valence-electron chi connectivity index (χ4n) is 1.39. The Morgan fingerprint density at radius 2 is 2.36 bits per heavy atom. The molecule has 2 rings (SSSR count). The number of nitrogens with one attached hydrogen (secondary N) is 2. The molecule has 1 heterocycles. The summed E-state index contributed by atoms with van der Waals surface area (Å²) < 4.78 is 25.7. The van der Waals surface area contributed by atoms with Gasteiger partial charge >= 0.3 is 0 Å². The van der Waals surface area contributed by atoms with Gasteiger partial charge in [-0.1, -0.05) is 6.42 Å². The second-order valence-corrected chi connectivity index (χ2v) is 5.30. The van der Waals surface area contributed by atoms with Crippen molar-refractivity contribution in [2.24, 2.45) is 5.92 Å².